The average Bonchev–Trinajstić information content (AvgIpc) is 2.35. The van der Waals surface area contributed by atoms with Crippen LogP contribution in [-0.4, -0.2) is 40.9 Å². The van der Waals surface area contributed by atoms with Gasteiger partial charge in [-0.05, 0) is 26.0 Å². The van der Waals surface area contributed by atoms with Gasteiger partial charge in [-0.2, -0.15) is 0 Å². The molecule has 4 nitrogen and oxygen atoms in total. The van der Waals surface area contributed by atoms with E-state index in [1.54, 1.807) is 23.1 Å². The normalized spacial score (nSPS) is 10.5. The molecule has 1 amide bonds. The Labute approximate surface area is 116 Å². The average molecular weight is 316 g/mol. The zero-order chi connectivity index (χ0) is 13.7. The van der Waals surface area contributed by atoms with Crippen molar-refractivity contribution in [1.29, 1.82) is 0 Å². The first-order valence-electron chi connectivity index (χ1n) is 5.75. The topological polar surface area (TPSA) is 49.8 Å². The second kappa shape index (κ2) is 6.64. The molecule has 0 aliphatic heterocycles. The summed E-state index contributed by atoms with van der Waals surface area (Å²) in [5.74, 6) is 0.00877. The predicted molar refractivity (Wildman–Crippen MR) is 74.6 cm³/mol. The van der Waals surface area contributed by atoms with Crippen molar-refractivity contribution in [3.05, 3.63) is 23.8 Å². The van der Waals surface area contributed by atoms with E-state index in [1.165, 1.54) is 7.11 Å². The van der Waals surface area contributed by atoms with Crippen LogP contribution >= 0.6 is 15.9 Å². The van der Waals surface area contributed by atoms with Crippen LogP contribution in [0.25, 0.3) is 0 Å². The molecule has 0 saturated carbocycles. The zero-order valence-electron chi connectivity index (χ0n) is 10.8. The maximum atomic E-state index is 12.4. The van der Waals surface area contributed by atoms with Crippen molar-refractivity contribution in [1.82, 2.24) is 4.90 Å². The molecule has 0 heterocycles. The first-order chi connectivity index (χ1) is 8.52. The summed E-state index contributed by atoms with van der Waals surface area (Å²) in [6.07, 6.45) is 0. The van der Waals surface area contributed by atoms with Gasteiger partial charge in [-0.25, -0.2) is 0 Å². The third-order valence-electron chi connectivity index (χ3n) is 2.66. The number of phenols is 1. The van der Waals surface area contributed by atoms with Crippen molar-refractivity contribution >= 4 is 21.8 Å². The van der Waals surface area contributed by atoms with Crippen molar-refractivity contribution < 1.29 is 14.6 Å². The number of halogens is 1. The number of carbonyl (C=O) groups excluding carboxylic acids is 1. The second-order valence-corrected chi connectivity index (χ2v) is 4.93. The van der Waals surface area contributed by atoms with Gasteiger partial charge in [-0.1, -0.05) is 22.0 Å². The zero-order valence-corrected chi connectivity index (χ0v) is 12.4. The number of aromatic hydroxyl groups is 1. The van der Waals surface area contributed by atoms with E-state index in [9.17, 15) is 9.90 Å². The Balaban J connectivity index is 3.09. The van der Waals surface area contributed by atoms with Gasteiger partial charge >= 0.3 is 0 Å². The molecular formula is C13H18BrNO3. The van der Waals surface area contributed by atoms with Crippen LogP contribution in [0, 0.1) is 0 Å². The van der Waals surface area contributed by atoms with Crippen molar-refractivity contribution in [3.63, 3.8) is 0 Å². The Morgan fingerprint density at radius 2 is 2.17 bits per heavy atom. The fraction of sp³-hybridized carbons (Fsp3) is 0.462. The minimum absolute atomic E-state index is 0.0700. The van der Waals surface area contributed by atoms with Crippen LogP contribution in [0.4, 0.5) is 0 Å². The Morgan fingerprint density at radius 3 is 2.67 bits per heavy atom. The minimum atomic E-state index is -0.194. The van der Waals surface area contributed by atoms with Gasteiger partial charge in [0.1, 0.15) is 0 Å². The van der Waals surface area contributed by atoms with Crippen LogP contribution in [0.1, 0.15) is 24.2 Å². The molecule has 0 fully saturated rings. The van der Waals surface area contributed by atoms with Gasteiger partial charge in [-0.15, -0.1) is 0 Å². The molecule has 1 aromatic carbocycles. The quantitative estimate of drug-likeness (QED) is 0.850. The van der Waals surface area contributed by atoms with E-state index in [-0.39, 0.29) is 23.3 Å². The van der Waals surface area contributed by atoms with E-state index in [2.05, 4.69) is 15.9 Å². The van der Waals surface area contributed by atoms with Crippen LogP contribution < -0.4 is 4.74 Å². The molecule has 0 bridgehead atoms. The third-order valence-corrected chi connectivity index (χ3v) is 3.01. The van der Waals surface area contributed by atoms with Gasteiger partial charge in [0.2, 0.25) is 0 Å². The molecular weight excluding hydrogens is 298 g/mol. The number of hydrogen-bond donors (Lipinski definition) is 1. The molecule has 1 N–H and O–H groups in total. The van der Waals surface area contributed by atoms with Gasteiger partial charge < -0.3 is 14.7 Å². The number of methoxy groups -OCH3 is 1. The number of carbonyl (C=O) groups is 1. The molecule has 0 aromatic heterocycles. The number of phenolic OH excluding ortho intramolecular Hbond substituents is 1. The predicted octanol–water partition coefficient (Wildman–Crippen LogP) is 2.65. The Hall–Kier alpha value is -1.23. The molecule has 0 saturated heterocycles. The number of benzene rings is 1. The molecule has 0 aliphatic carbocycles. The maximum Gasteiger partial charge on any atom is 0.258 e. The van der Waals surface area contributed by atoms with Crippen LogP contribution in [0.3, 0.4) is 0 Å². The molecule has 0 atom stereocenters. The van der Waals surface area contributed by atoms with Crippen LogP contribution in [0.5, 0.6) is 11.5 Å². The molecule has 1 aromatic rings. The number of amides is 1. The van der Waals surface area contributed by atoms with Crippen molar-refractivity contribution in [2.75, 3.05) is 19.0 Å². The van der Waals surface area contributed by atoms with E-state index in [4.69, 9.17) is 4.74 Å². The van der Waals surface area contributed by atoms with E-state index in [0.717, 1.165) is 0 Å². The van der Waals surface area contributed by atoms with E-state index in [0.29, 0.717) is 17.6 Å². The van der Waals surface area contributed by atoms with E-state index >= 15 is 0 Å². The lowest BCUT2D eigenvalue weighted by molar-refractivity contribution is 0.0715. The number of rotatable bonds is 5. The lowest BCUT2D eigenvalue weighted by Gasteiger charge is -2.26. The monoisotopic (exact) mass is 315 g/mol. The number of alkyl halides is 1. The van der Waals surface area contributed by atoms with E-state index < -0.39 is 0 Å². The SMILES string of the molecule is COc1cccc(C(=O)N(CCBr)C(C)C)c1O. The Bertz CT molecular complexity index is 421. The lowest BCUT2D eigenvalue weighted by Crippen LogP contribution is -2.38. The summed E-state index contributed by atoms with van der Waals surface area (Å²) in [4.78, 5) is 14.1. The fourth-order valence-corrected chi connectivity index (χ4v) is 2.08. The summed E-state index contributed by atoms with van der Waals surface area (Å²) in [5, 5.41) is 10.7. The van der Waals surface area contributed by atoms with Gasteiger partial charge in [-0.3, -0.25) is 4.79 Å². The van der Waals surface area contributed by atoms with Crippen LogP contribution in [-0.2, 0) is 0 Å². The largest absolute Gasteiger partial charge is 0.504 e. The lowest BCUT2D eigenvalue weighted by atomic mass is 10.1. The number of hydrogen-bond acceptors (Lipinski definition) is 3. The number of ether oxygens (including phenoxy) is 1. The minimum Gasteiger partial charge on any atom is -0.504 e. The summed E-state index contributed by atoms with van der Waals surface area (Å²) in [6, 6.07) is 4.99. The highest BCUT2D eigenvalue weighted by atomic mass is 79.9. The maximum absolute atomic E-state index is 12.4. The van der Waals surface area contributed by atoms with Crippen molar-refractivity contribution in [3.8, 4) is 11.5 Å². The third kappa shape index (κ3) is 3.16. The highest BCUT2D eigenvalue weighted by molar-refractivity contribution is 9.09. The number of nitrogens with zero attached hydrogens (tertiary/aromatic N) is 1. The molecule has 100 valence electrons. The summed E-state index contributed by atoms with van der Waals surface area (Å²) < 4.78 is 5.01. The van der Waals surface area contributed by atoms with Crippen LogP contribution in [0.2, 0.25) is 0 Å². The van der Waals surface area contributed by atoms with Crippen molar-refractivity contribution in [2.24, 2.45) is 0 Å². The molecule has 5 heteroatoms. The van der Waals surface area contributed by atoms with Gasteiger partial charge in [0.05, 0.1) is 12.7 Å². The van der Waals surface area contributed by atoms with Crippen molar-refractivity contribution in [2.45, 2.75) is 19.9 Å². The summed E-state index contributed by atoms with van der Waals surface area (Å²) in [7, 11) is 1.46. The summed E-state index contributed by atoms with van der Waals surface area (Å²) in [6.45, 7) is 4.47. The molecule has 1 rings (SSSR count). The molecule has 0 radical (unpaired) electrons. The second-order valence-electron chi connectivity index (χ2n) is 4.14. The van der Waals surface area contributed by atoms with Gasteiger partial charge in [0.25, 0.3) is 5.91 Å². The summed E-state index contributed by atoms with van der Waals surface area (Å²) >= 11 is 3.32. The summed E-state index contributed by atoms with van der Waals surface area (Å²) in [5.41, 5.74) is 0.268. The molecule has 0 spiro atoms. The first kappa shape index (κ1) is 14.8. The van der Waals surface area contributed by atoms with E-state index in [1.807, 2.05) is 13.8 Å². The number of para-hydroxylation sites is 1. The van der Waals surface area contributed by atoms with Gasteiger partial charge in [0, 0.05) is 17.9 Å². The standard InChI is InChI=1S/C13H18BrNO3/c1-9(2)15(8-7-14)13(17)10-5-4-6-11(18-3)12(10)16/h4-6,9,16H,7-8H2,1-3H3. The first-order valence-corrected chi connectivity index (χ1v) is 6.88. The molecule has 0 aliphatic rings. The highest BCUT2D eigenvalue weighted by Crippen LogP contribution is 2.30. The Kier molecular flexibility index (Phi) is 5.47. The molecule has 18 heavy (non-hydrogen) atoms. The smallest absolute Gasteiger partial charge is 0.258 e. The fourth-order valence-electron chi connectivity index (χ4n) is 1.70. The van der Waals surface area contributed by atoms with Gasteiger partial charge in [0.15, 0.2) is 11.5 Å². The van der Waals surface area contributed by atoms with Crippen LogP contribution in [0.15, 0.2) is 18.2 Å². The molecule has 0 unspecified atom stereocenters. The Morgan fingerprint density at radius 1 is 1.50 bits per heavy atom. The highest BCUT2D eigenvalue weighted by Gasteiger charge is 2.22.